The lowest BCUT2D eigenvalue weighted by Crippen LogP contribution is -2.49. The zero-order valence-corrected chi connectivity index (χ0v) is 22.0. The summed E-state index contributed by atoms with van der Waals surface area (Å²) in [4.78, 5) is 20.2. The first-order chi connectivity index (χ1) is 15.6. The summed E-state index contributed by atoms with van der Waals surface area (Å²) in [5, 5.41) is 18.0. The Bertz CT molecular complexity index is 719. The van der Waals surface area contributed by atoms with Crippen molar-refractivity contribution < 1.29 is 9.66 Å². The lowest BCUT2D eigenvalue weighted by Gasteiger charge is -2.33. The summed E-state index contributed by atoms with van der Waals surface area (Å²) in [6.07, 6.45) is 4.48. The van der Waals surface area contributed by atoms with E-state index in [1.54, 1.807) is 12.1 Å². The van der Waals surface area contributed by atoms with Gasteiger partial charge in [-0.3, -0.25) is 15.0 Å². The van der Waals surface area contributed by atoms with Crippen molar-refractivity contribution in [2.45, 2.75) is 45.2 Å². The molecule has 2 heterocycles. The first kappa shape index (κ1) is 27.7. The molecule has 2 aliphatic rings. The standard InChI is InChI=1S/C23H38N6O3.HI/c1-2-11-27-13-8-21(9-14-27)26-23(24-10-3-12-28-15-17-32-18-16-28)25-19-20-4-6-22(7-5-20)29(30)31;/h4-7,21H,2-3,8-19H2,1H3,(H2,24,25,26);1H. The van der Waals surface area contributed by atoms with Gasteiger partial charge in [0.15, 0.2) is 5.96 Å². The Morgan fingerprint density at radius 1 is 1.12 bits per heavy atom. The minimum Gasteiger partial charge on any atom is -0.379 e. The summed E-state index contributed by atoms with van der Waals surface area (Å²) in [6, 6.07) is 7.06. The van der Waals surface area contributed by atoms with Crippen molar-refractivity contribution in [3.05, 3.63) is 39.9 Å². The Labute approximate surface area is 214 Å². The molecule has 0 radical (unpaired) electrons. The number of morpholine rings is 1. The molecule has 0 unspecified atom stereocenters. The fourth-order valence-electron chi connectivity index (χ4n) is 4.19. The van der Waals surface area contributed by atoms with Crippen LogP contribution in [0, 0.1) is 10.1 Å². The highest BCUT2D eigenvalue weighted by Crippen LogP contribution is 2.13. The van der Waals surface area contributed by atoms with E-state index in [1.165, 1.54) is 25.1 Å². The van der Waals surface area contributed by atoms with Gasteiger partial charge in [-0.15, -0.1) is 24.0 Å². The van der Waals surface area contributed by atoms with E-state index in [1.807, 2.05) is 0 Å². The highest BCUT2D eigenvalue weighted by atomic mass is 127. The normalized spacial score (nSPS) is 18.5. The SMILES string of the molecule is CCCN1CCC(NC(=NCc2ccc([N+](=O)[O-])cc2)NCCCN2CCOCC2)CC1.I. The number of ether oxygens (including phenoxy) is 1. The summed E-state index contributed by atoms with van der Waals surface area (Å²) >= 11 is 0. The molecule has 2 saturated heterocycles. The summed E-state index contributed by atoms with van der Waals surface area (Å²) < 4.78 is 5.42. The van der Waals surface area contributed by atoms with Gasteiger partial charge in [-0.1, -0.05) is 19.1 Å². The third-order valence-electron chi connectivity index (χ3n) is 6.08. The highest BCUT2D eigenvalue weighted by molar-refractivity contribution is 14.0. The monoisotopic (exact) mass is 574 g/mol. The Balaban J connectivity index is 0.00000385. The molecule has 0 amide bonds. The minimum atomic E-state index is -0.374. The Kier molecular flexibility index (Phi) is 13.0. The van der Waals surface area contributed by atoms with Gasteiger partial charge in [-0.25, -0.2) is 4.99 Å². The maximum atomic E-state index is 10.9. The molecule has 0 bridgehead atoms. The maximum Gasteiger partial charge on any atom is 0.269 e. The molecule has 2 aliphatic heterocycles. The number of non-ortho nitro benzene ring substituents is 1. The van der Waals surface area contributed by atoms with Crippen molar-refractivity contribution in [3.8, 4) is 0 Å². The van der Waals surface area contributed by atoms with Gasteiger partial charge in [-0.05, 0) is 44.3 Å². The second-order valence-electron chi connectivity index (χ2n) is 8.58. The van der Waals surface area contributed by atoms with Crippen LogP contribution in [0.1, 0.15) is 38.2 Å². The van der Waals surface area contributed by atoms with E-state index < -0.39 is 0 Å². The lowest BCUT2D eigenvalue weighted by atomic mass is 10.1. The second kappa shape index (κ2) is 15.4. The molecule has 10 heteroatoms. The number of benzene rings is 1. The van der Waals surface area contributed by atoms with Crippen molar-refractivity contribution in [1.82, 2.24) is 20.4 Å². The van der Waals surface area contributed by atoms with Gasteiger partial charge >= 0.3 is 0 Å². The average Bonchev–Trinajstić information content (AvgIpc) is 2.82. The van der Waals surface area contributed by atoms with E-state index in [2.05, 4.69) is 27.4 Å². The van der Waals surface area contributed by atoms with Crippen molar-refractivity contribution in [2.75, 3.05) is 59.0 Å². The largest absolute Gasteiger partial charge is 0.379 e. The number of guanidine groups is 1. The van der Waals surface area contributed by atoms with Gasteiger partial charge in [0.2, 0.25) is 0 Å². The molecular weight excluding hydrogens is 535 g/mol. The molecule has 0 aliphatic carbocycles. The third-order valence-corrected chi connectivity index (χ3v) is 6.08. The number of nitrogens with one attached hydrogen (secondary N) is 2. The van der Waals surface area contributed by atoms with Crippen LogP contribution in [0.15, 0.2) is 29.3 Å². The van der Waals surface area contributed by atoms with Gasteiger partial charge < -0.3 is 20.3 Å². The Morgan fingerprint density at radius 2 is 1.79 bits per heavy atom. The first-order valence-corrected chi connectivity index (χ1v) is 11.9. The molecule has 186 valence electrons. The molecule has 0 spiro atoms. The molecule has 1 aromatic carbocycles. The highest BCUT2D eigenvalue weighted by Gasteiger charge is 2.19. The molecule has 9 nitrogen and oxygen atoms in total. The number of piperidine rings is 1. The molecule has 2 fully saturated rings. The maximum absolute atomic E-state index is 10.9. The molecular formula is C23H39IN6O3. The number of nitro benzene ring substituents is 1. The number of nitrogens with zero attached hydrogens (tertiary/aromatic N) is 4. The zero-order valence-electron chi connectivity index (χ0n) is 19.7. The summed E-state index contributed by atoms with van der Waals surface area (Å²) in [6.45, 7) is 11.7. The van der Waals surface area contributed by atoms with Crippen LogP contribution in [0.25, 0.3) is 0 Å². The van der Waals surface area contributed by atoms with Gasteiger partial charge in [0, 0.05) is 50.9 Å². The summed E-state index contributed by atoms with van der Waals surface area (Å²) in [7, 11) is 0. The number of rotatable bonds is 10. The van der Waals surface area contributed by atoms with E-state index in [9.17, 15) is 10.1 Å². The van der Waals surface area contributed by atoms with Crippen LogP contribution in [0.4, 0.5) is 5.69 Å². The van der Waals surface area contributed by atoms with Crippen LogP contribution in [-0.4, -0.2) is 85.8 Å². The average molecular weight is 575 g/mol. The number of hydrogen-bond acceptors (Lipinski definition) is 6. The van der Waals surface area contributed by atoms with Crippen molar-refractivity contribution >= 4 is 35.6 Å². The molecule has 1 aromatic rings. The zero-order chi connectivity index (χ0) is 22.6. The van der Waals surface area contributed by atoms with Crippen molar-refractivity contribution in [1.29, 1.82) is 0 Å². The van der Waals surface area contributed by atoms with Crippen LogP contribution < -0.4 is 10.6 Å². The predicted molar refractivity (Wildman–Crippen MR) is 142 cm³/mol. The lowest BCUT2D eigenvalue weighted by molar-refractivity contribution is -0.384. The van der Waals surface area contributed by atoms with Crippen LogP contribution in [0.3, 0.4) is 0 Å². The quantitative estimate of drug-likeness (QED) is 0.111. The van der Waals surface area contributed by atoms with Crippen LogP contribution in [0.2, 0.25) is 0 Å². The van der Waals surface area contributed by atoms with Gasteiger partial charge in [-0.2, -0.15) is 0 Å². The number of hydrogen-bond donors (Lipinski definition) is 2. The van der Waals surface area contributed by atoms with E-state index in [4.69, 9.17) is 9.73 Å². The van der Waals surface area contributed by atoms with Crippen LogP contribution in [-0.2, 0) is 11.3 Å². The Morgan fingerprint density at radius 3 is 2.42 bits per heavy atom. The number of aliphatic imine (C=N–C) groups is 1. The summed E-state index contributed by atoms with van der Waals surface area (Å²) in [5.74, 6) is 0.833. The van der Waals surface area contributed by atoms with Crippen LogP contribution in [0.5, 0.6) is 0 Å². The Hall–Kier alpha value is -1.50. The molecule has 33 heavy (non-hydrogen) atoms. The number of nitro groups is 1. The first-order valence-electron chi connectivity index (χ1n) is 11.9. The predicted octanol–water partition coefficient (Wildman–Crippen LogP) is 2.84. The van der Waals surface area contributed by atoms with E-state index >= 15 is 0 Å². The van der Waals surface area contributed by atoms with Gasteiger partial charge in [0.1, 0.15) is 0 Å². The third kappa shape index (κ3) is 10.1. The fourth-order valence-corrected chi connectivity index (χ4v) is 4.19. The molecule has 0 aromatic heterocycles. The minimum absolute atomic E-state index is 0. The molecule has 2 N–H and O–H groups in total. The van der Waals surface area contributed by atoms with E-state index in [-0.39, 0.29) is 34.6 Å². The van der Waals surface area contributed by atoms with Crippen molar-refractivity contribution in [2.24, 2.45) is 4.99 Å². The van der Waals surface area contributed by atoms with Gasteiger partial charge in [0.25, 0.3) is 5.69 Å². The van der Waals surface area contributed by atoms with Gasteiger partial charge in [0.05, 0.1) is 24.7 Å². The number of halogens is 1. The topological polar surface area (TPSA) is 95.3 Å². The fraction of sp³-hybridized carbons (Fsp3) is 0.696. The van der Waals surface area contributed by atoms with Crippen LogP contribution >= 0.6 is 24.0 Å². The summed E-state index contributed by atoms with van der Waals surface area (Å²) in [5.41, 5.74) is 1.07. The second-order valence-corrected chi connectivity index (χ2v) is 8.58. The van der Waals surface area contributed by atoms with E-state index in [0.717, 1.165) is 83.3 Å². The van der Waals surface area contributed by atoms with E-state index in [0.29, 0.717) is 12.6 Å². The number of likely N-dealkylation sites (tertiary alicyclic amines) is 1. The smallest absolute Gasteiger partial charge is 0.269 e. The molecule has 0 saturated carbocycles. The molecule has 3 rings (SSSR count). The molecule has 0 atom stereocenters. The van der Waals surface area contributed by atoms with Crippen molar-refractivity contribution in [3.63, 3.8) is 0 Å².